The minimum atomic E-state index is -0.361. The summed E-state index contributed by atoms with van der Waals surface area (Å²) in [5.74, 6) is 0.899. The molecule has 6 heteroatoms. The van der Waals surface area contributed by atoms with Gasteiger partial charge in [0, 0.05) is 5.56 Å². The average Bonchev–Trinajstić information content (AvgIpc) is 2.60. The second-order valence-corrected chi connectivity index (χ2v) is 6.07. The summed E-state index contributed by atoms with van der Waals surface area (Å²) in [7, 11) is 5.51. The molecule has 6 nitrogen and oxygen atoms in total. The smallest absolute Gasteiger partial charge is 0.276 e. The van der Waals surface area contributed by atoms with E-state index in [1.807, 2.05) is 44.4 Å². The maximum absolute atomic E-state index is 11.4. The fourth-order valence-corrected chi connectivity index (χ4v) is 2.55. The van der Waals surface area contributed by atoms with Crippen LogP contribution in [0.15, 0.2) is 42.5 Å². The molecule has 0 saturated heterocycles. The fourth-order valence-electron chi connectivity index (χ4n) is 2.55. The largest absolute Gasteiger partial charge is 0.493 e. The summed E-state index contributed by atoms with van der Waals surface area (Å²) in [6.07, 6.45) is 1.45. The van der Waals surface area contributed by atoms with E-state index in [1.54, 1.807) is 13.2 Å². The van der Waals surface area contributed by atoms with Crippen LogP contribution in [0.3, 0.4) is 0 Å². The van der Waals surface area contributed by atoms with Gasteiger partial charge in [0.25, 0.3) is 5.69 Å². The monoisotopic (exact) mass is 344 g/mol. The van der Waals surface area contributed by atoms with E-state index in [1.165, 1.54) is 6.07 Å². The van der Waals surface area contributed by atoms with Crippen LogP contribution in [0.2, 0.25) is 0 Å². The first kappa shape index (κ1) is 18.7. The number of methoxy groups -OCH3 is 1. The Morgan fingerprint density at radius 1 is 1.12 bits per heavy atom. The Balaban J connectivity index is 2.21. The molecule has 25 heavy (non-hydrogen) atoms. The number of nitrogens with zero attached hydrogens (tertiary/aromatic N) is 2. The van der Waals surface area contributed by atoms with Crippen molar-refractivity contribution in [3.05, 3.63) is 63.7 Å². The van der Waals surface area contributed by atoms with Crippen molar-refractivity contribution in [2.45, 2.75) is 19.4 Å². The summed E-state index contributed by atoms with van der Waals surface area (Å²) < 4.78 is 11.1. The minimum Gasteiger partial charge on any atom is -0.493 e. The van der Waals surface area contributed by atoms with Crippen molar-refractivity contribution in [3.63, 3.8) is 0 Å². The van der Waals surface area contributed by atoms with Gasteiger partial charge in [-0.2, -0.15) is 0 Å². The van der Waals surface area contributed by atoms with Gasteiger partial charge < -0.3 is 14.4 Å². The zero-order valence-electron chi connectivity index (χ0n) is 14.9. The number of hydrogen-bond acceptors (Lipinski definition) is 5. The van der Waals surface area contributed by atoms with Crippen molar-refractivity contribution < 1.29 is 14.4 Å². The Labute approximate surface area is 148 Å². The Morgan fingerprint density at radius 2 is 1.84 bits per heavy atom. The molecule has 0 N–H and O–H groups in total. The maximum Gasteiger partial charge on any atom is 0.276 e. The molecule has 0 aliphatic carbocycles. The van der Waals surface area contributed by atoms with E-state index in [9.17, 15) is 10.1 Å². The lowest BCUT2D eigenvalue weighted by molar-refractivity contribution is -0.385. The van der Waals surface area contributed by atoms with E-state index in [-0.39, 0.29) is 10.6 Å². The van der Waals surface area contributed by atoms with E-state index in [0.717, 1.165) is 18.5 Å². The van der Waals surface area contributed by atoms with Crippen LogP contribution < -0.4 is 9.47 Å². The average molecular weight is 344 g/mol. The van der Waals surface area contributed by atoms with Gasteiger partial charge in [0.15, 0.2) is 11.5 Å². The lowest BCUT2D eigenvalue weighted by atomic mass is 10.1. The van der Waals surface area contributed by atoms with Crippen LogP contribution in [-0.2, 0) is 13.0 Å². The highest BCUT2D eigenvalue weighted by Gasteiger charge is 2.19. The molecule has 2 aromatic rings. The predicted molar refractivity (Wildman–Crippen MR) is 97.3 cm³/mol. The molecule has 0 saturated carbocycles. The van der Waals surface area contributed by atoms with Crippen molar-refractivity contribution in [1.29, 1.82) is 0 Å². The van der Waals surface area contributed by atoms with Gasteiger partial charge in [-0.3, -0.25) is 10.1 Å². The number of nitro benzene ring substituents is 1. The van der Waals surface area contributed by atoms with Gasteiger partial charge in [0.05, 0.1) is 18.1 Å². The van der Waals surface area contributed by atoms with E-state index in [2.05, 4.69) is 4.90 Å². The first-order valence-electron chi connectivity index (χ1n) is 8.18. The van der Waals surface area contributed by atoms with Crippen LogP contribution >= 0.6 is 0 Å². The lowest BCUT2D eigenvalue weighted by Crippen LogP contribution is -2.13. The summed E-state index contributed by atoms with van der Waals surface area (Å²) in [6, 6.07) is 12.8. The van der Waals surface area contributed by atoms with Crippen LogP contribution in [0.4, 0.5) is 5.69 Å². The Bertz CT molecular complexity index is 702. The molecule has 0 aromatic heterocycles. The van der Waals surface area contributed by atoms with Crippen molar-refractivity contribution >= 4 is 5.69 Å². The third-order valence-electron chi connectivity index (χ3n) is 3.85. The number of rotatable bonds is 9. The van der Waals surface area contributed by atoms with E-state index < -0.39 is 0 Å². The molecular weight excluding hydrogens is 320 g/mol. The molecular formula is C19H24N2O4. The molecule has 0 radical (unpaired) electrons. The van der Waals surface area contributed by atoms with Gasteiger partial charge in [-0.25, -0.2) is 0 Å². The quantitative estimate of drug-likeness (QED) is 0.513. The van der Waals surface area contributed by atoms with Gasteiger partial charge in [0.1, 0.15) is 6.61 Å². The van der Waals surface area contributed by atoms with Gasteiger partial charge in [-0.05, 0) is 45.1 Å². The van der Waals surface area contributed by atoms with Gasteiger partial charge in [-0.1, -0.05) is 30.3 Å². The number of nitro groups is 1. The highest BCUT2D eigenvalue weighted by atomic mass is 16.6. The molecule has 0 fully saturated rings. The SMILES string of the molecule is COc1cc(CCCN(C)C)c([N+](=O)[O-])cc1OCc1ccccc1. The Morgan fingerprint density at radius 3 is 2.44 bits per heavy atom. The van der Waals surface area contributed by atoms with E-state index >= 15 is 0 Å². The molecule has 134 valence electrons. The summed E-state index contributed by atoms with van der Waals surface area (Å²) in [5.41, 5.74) is 1.72. The van der Waals surface area contributed by atoms with E-state index in [4.69, 9.17) is 9.47 Å². The van der Waals surface area contributed by atoms with Crippen molar-refractivity contribution in [2.75, 3.05) is 27.7 Å². The molecule has 0 unspecified atom stereocenters. The van der Waals surface area contributed by atoms with Crippen LogP contribution in [0.25, 0.3) is 0 Å². The minimum absolute atomic E-state index is 0.0719. The summed E-state index contributed by atoms with van der Waals surface area (Å²) >= 11 is 0. The molecule has 0 atom stereocenters. The van der Waals surface area contributed by atoms with Crippen LogP contribution in [0.1, 0.15) is 17.5 Å². The Kier molecular flexibility index (Phi) is 6.77. The number of aryl methyl sites for hydroxylation is 1. The van der Waals surface area contributed by atoms with Gasteiger partial charge >= 0.3 is 0 Å². The third kappa shape index (κ3) is 5.46. The molecule has 0 spiro atoms. The number of benzene rings is 2. The third-order valence-corrected chi connectivity index (χ3v) is 3.85. The maximum atomic E-state index is 11.4. The molecule has 2 rings (SSSR count). The molecule has 0 amide bonds. The zero-order chi connectivity index (χ0) is 18.2. The van der Waals surface area contributed by atoms with E-state index in [0.29, 0.717) is 30.1 Å². The van der Waals surface area contributed by atoms with Crippen molar-refractivity contribution in [1.82, 2.24) is 4.90 Å². The molecule has 0 bridgehead atoms. The van der Waals surface area contributed by atoms with Crippen molar-refractivity contribution in [2.24, 2.45) is 0 Å². The zero-order valence-corrected chi connectivity index (χ0v) is 14.9. The lowest BCUT2D eigenvalue weighted by Gasteiger charge is -2.14. The number of ether oxygens (including phenoxy) is 2. The second-order valence-electron chi connectivity index (χ2n) is 6.07. The molecule has 0 heterocycles. The predicted octanol–water partition coefficient (Wildman–Crippen LogP) is 3.68. The second kappa shape index (κ2) is 9.03. The highest BCUT2D eigenvalue weighted by Crippen LogP contribution is 2.35. The van der Waals surface area contributed by atoms with Crippen molar-refractivity contribution in [3.8, 4) is 11.5 Å². The first-order valence-corrected chi connectivity index (χ1v) is 8.18. The van der Waals surface area contributed by atoms with Gasteiger partial charge in [0.2, 0.25) is 0 Å². The summed E-state index contributed by atoms with van der Waals surface area (Å²) in [6.45, 7) is 1.19. The molecule has 2 aromatic carbocycles. The highest BCUT2D eigenvalue weighted by molar-refractivity contribution is 5.54. The van der Waals surface area contributed by atoms with Crippen LogP contribution in [0, 0.1) is 10.1 Å². The summed E-state index contributed by atoms with van der Waals surface area (Å²) in [4.78, 5) is 13.1. The standard InChI is InChI=1S/C19H24N2O4/c1-20(2)11-7-10-16-12-18(24-3)19(13-17(16)21(22)23)25-14-15-8-5-4-6-9-15/h4-6,8-9,12-13H,7,10-11,14H2,1-3H3. The fraction of sp³-hybridized carbons (Fsp3) is 0.368. The molecule has 0 aliphatic rings. The Hall–Kier alpha value is -2.60. The van der Waals surface area contributed by atoms with Gasteiger partial charge in [-0.15, -0.1) is 0 Å². The first-order chi connectivity index (χ1) is 12.0. The topological polar surface area (TPSA) is 64.8 Å². The normalized spacial score (nSPS) is 10.7. The summed E-state index contributed by atoms with van der Waals surface area (Å²) in [5, 5.41) is 11.4. The molecule has 0 aliphatic heterocycles. The van der Waals surface area contributed by atoms with Crippen LogP contribution in [-0.4, -0.2) is 37.6 Å². The van der Waals surface area contributed by atoms with Crippen LogP contribution in [0.5, 0.6) is 11.5 Å². The number of hydrogen-bond donors (Lipinski definition) is 0.